The first-order valence-corrected chi connectivity index (χ1v) is 5.80. The number of anilines is 2. The molecular weight excluding hydrogens is 202 g/mol. The van der Waals surface area contributed by atoms with Crippen LogP contribution in [0, 0.1) is 0 Å². The molecule has 88 valence electrons. The highest BCUT2D eigenvalue weighted by molar-refractivity contribution is 5.36. The van der Waals surface area contributed by atoms with E-state index < -0.39 is 0 Å². The molecule has 3 N–H and O–H groups in total. The standard InChI is InChI=1S/C11H19N5/c1-9(8-16-4-2-3-5-16)15-11-13-6-10(12)7-14-11/h6-7,9H,2-5,8,12H2,1H3,(H,13,14,15). The van der Waals surface area contributed by atoms with Gasteiger partial charge < -0.3 is 16.0 Å². The number of nitrogens with zero attached hydrogens (tertiary/aromatic N) is 3. The minimum Gasteiger partial charge on any atom is -0.396 e. The Morgan fingerprint density at radius 3 is 2.62 bits per heavy atom. The average Bonchev–Trinajstić information content (AvgIpc) is 2.74. The zero-order valence-corrected chi connectivity index (χ0v) is 9.69. The van der Waals surface area contributed by atoms with Crippen molar-refractivity contribution < 1.29 is 0 Å². The number of likely N-dealkylation sites (tertiary alicyclic amines) is 1. The molecule has 1 aromatic heterocycles. The van der Waals surface area contributed by atoms with Crippen molar-refractivity contribution in [2.24, 2.45) is 0 Å². The summed E-state index contributed by atoms with van der Waals surface area (Å²) in [6, 6.07) is 0.363. The predicted molar refractivity (Wildman–Crippen MR) is 65.2 cm³/mol. The normalized spacial score (nSPS) is 18.6. The molecule has 2 rings (SSSR count). The molecule has 5 heteroatoms. The largest absolute Gasteiger partial charge is 0.396 e. The molecule has 1 aliphatic rings. The summed E-state index contributed by atoms with van der Waals surface area (Å²) in [6.45, 7) is 5.63. The Bertz CT molecular complexity index is 318. The molecule has 2 heterocycles. The summed E-state index contributed by atoms with van der Waals surface area (Å²) in [4.78, 5) is 10.7. The molecule has 0 bridgehead atoms. The van der Waals surface area contributed by atoms with Crippen molar-refractivity contribution in [2.45, 2.75) is 25.8 Å². The summed E-state index contributed by atoms with van der Waals surface area (Å²) in [5, 5.41) is 3.28. The number of rotatable bonds is 4. The maximum absolute atomic E-state index is 5.53. The lowest BCUT2D eigenvalue weighted by Crippen LogP contribution is -2.33. The Kier molecular flexibility index (Phi) is 3.56. The van der Waals surface area contributed by atoms with Crippen molar-refractivity contribution in [1.29, 1.82) is 0 Å². The van der Waals surface area contributed by atoms with Crippen LogP contribution < -0.4 is 11.1 Å². The second-order valence-electron chi connectivity index (χ2n) is 4.39. The van der Waals surface area contributed by atoms with E-state index in [4.69, 9.17) is 5.73 Å². The number of aromatic nitrogens is 2. The van der Waals surface area contributed by atoms with E-state index in [1.165, 1.54) is 25.9 Å². The molecule has 1 aliphatic heterocycles. The Labute approximate surface area is 96.1 Å². The molecule has 1 unspecified atom stereocenters. The predicted octanol–water partition coefficient (Wildman–Crippen LogP) is 0.955. The first kappa shape index (κ1) is 11.1. The number of nitrogens with two attached hydrogens (primary N) is 1. The molecule has 16 heavy (non-hydrogen) atoms. The molecule has 1 fully saturated rings. The molecule has 1 aromatic rings. The maximum Gasteiger partial charge on any atom is 0.222 e. The fourth-order valence-corrected chi connectivity index (χ4v) is 2.03. The van der Waals surface area contributed by atoms with Gasteiger partial charge in [0.1, 0.15) is 0 Å². The van der Waals surface area contributed by atoms with Gasteiger partial charge in [-0.2, -0.15) is 0 Å². The van der Waals surface area contributed by atoms with Gasteiger partial charge in [-0.1, -0.05) is 0 Å². The van der Waals surface area contributed by atoms with Gasteiger partial charge in [-0.15, -0.1) is 0 Å². The summed E-state index contributed by atoms with van der Waals surface area (Å²) in [6.07, 6.45) is 5.89. The minimum absolute atomic E-state index is 0.363. The molecule has 5 nitrogen and oxygen atoms in total. The van der Waals surface area contributed by atoms with E-state index >= 15 is 0 Å². The monoisotopic (exact) mass is 221 g/mol. The molecule has 0 aromatic carbocycles. The summed E-state index contributed by atoms with van der Waals surface area (Å²) < 4.78 is 0. The third-order valence-corrected chi connectivity index (χ3v) is 2.78. The van der Waals surface area contributed by atoms with Crippen molar-refractivity contribution in [3.05, 3.63) is 12.4 Å². The van der Waals surface area contributed by atoms with Gasteiger partial charge in [0.2, 0.25) is 5.95 Å². The fourth-order valence-electron chi connectivity index (χ4n) is 2.03. The lowest BCUT2D eigenvalue weighted by molar-refractivity contribution is 0.327. The van der Waals surface area contributed by atoms with Crippen molar-refractivity contribution in [1.82, 2.24) is 14.9 Å². The highest BCUT2D eigenvalue weighted by Crippen LogP contribution is 2.09. The molecular formula is C11H19N5. The van der Waals surface area contributed by atoms with Crippen LogP contribution in [0.4, 0.5) is 11.6 Å². The van der Waals surface area contributed by atoms with Crippen LogP contribution in [0.5, 0.6) is 0 Å². The number of nitrogens with one attached hydrogen (secondary N) is 1. The Morgan fingerprint density at radius 2 is 2.00 bits per heavy atom. The molecule has 0 spiro atoms. The summed E-state index contributed by atoms with van der Waals surface area (Å²) in [5.41, 5.74) is 6.12. The Morgan fingerprint density at radius 1 is 1.38 bits per heavy atom. The number of hydrogen-bond donors (Lipinski definition) is 2. The zero-order valence-electron chi connectivity index (χ0n) is 9.69. The molecule has 0 amide bonds. The van der Waals surface area contributed by atoms with Gasteiger partial charge in [-0.3, -0.25) is 0 Å². The number of hydrogen-bond acceptors (Lipinski definition) is 5. The first-order valence-electron chi connectivity index (χ1n) is 5.80. The average molecular weight is 221 g/mol. The van der Waals surface area contributed by atoms with Crippen molar-refractivity contribution >= 4 is 11.6 Å². The quantitative estimate of drug-likeness (QED) is 0.792. The SMILES string of the molecule is CC(CN1CCCC1)Nc1ncc(N)cn1. The molecule has 0 radical (unpaired) electrons. The maximum atomic E-state index is 5.53. The van der Waals surface area contributed by atoms with Gasteiger partial charge in [-0.25, -0.2) is 9.97 Å². The number of nitrogen functional groups attached to an aromatic ring is 1. The topological polar surface area (TPSA) is 67.1 Å². The van der Waals surface area contributed by atoms with Crippen molar-refractivity contribution in [3.63, 3.8) is 0 Å². The van der Waals surface area contributed by atoms with Gasteiger partial charge in [0.05, 0.1) is 18.1 Å². The lowest BCUT2D eigenvalue weighted by atomic mass is 10.3. The molecule has 0 saturated carbocycles. The van der Waals surface area contributed by atoms with Gasteiger partial charge in [0.15, 0.2) is 0 Å². The van der Waals surface area contributed by atoms with E-state index in [0.29, 0.717) is 17.7 Å². The zero-order chi connectivity index (χ0) is 11.4. The second kappa shape index (κ2) is 5.12. The summed E-state index contributed by atoms with van der Waals surface area (Å²) in [5.74, 6) is 0.654. The highest BCUT2D eigenvalue weighted by Gasteiger charge is 2.14. The first-order chi connectivity index (χ1) is 7.74. The van der Waals surface area contributed by atoms with Gasteiger partial charge in [0.25, 0.3) is 0 Å². The van der Waals surface area contributed by atoms with Crippen LogP contribution in [0.1, 0.15) is 19.8 Å². The third-order valence-electron chi connectivity index (χ3n) is 2.78. The van der Waals surface area contributed by atoms with Crippen LogP contribution in [-0.2, 0) is 0 Å². The molecule has 1 atom stereocenters. The van der Waals surface area contributed by atoms with Crippen molar-refractivity contribution in [2.75, 3.05) is 30.7 Å². The molecule has 0 aliphatic carbocycles. The summed E-state index contributed by atoms with van der Waals surface area (Å²) in [7, 11) is 0. The fraction of sp³-hybridized carbons (Fsp3) is 0.636. The van der Waals surface area contributed by atoms with Crippen LogP contribution in [-0.4, -0.2) is 40.5 Å². The van der Waals surface area contributed by atoms with E-state index in [1.807, 2.05) is 0 Å². The van der Waals surface area contributed by atoms with E-state index in [0.717, 1.165) is 6.54 Å². The van der Waals surface area contributed by atoms with Gasteiger partial charge in [0, 0.05) is 12.6 Å². The van der Waals surface area contributed by atoms with Crippen LogP contribution in [0.2, 0.25) is 0 Å². The smallest absolute Gasteiger partial charge is 0.222 e. The van der Waals surface area contributed by atoms with E-state index in [1.54, 1.807) is 12.4 Å². The lowest BCUT2D eigenvalue weighted by Gasteiger charge is -2.20. The third kappa shape index (κ3) is 3.06. The van der Waals surface area contributed by atoms with Gasteiger partial charge >= 0.3 is 0 Å². The van der Waals surface area contributed by atoms with E-state index in [-0.39, 0.29) is 0 Å². The summed E-state index contributed by atoms with van der Waals surface area (Å²) >= 11 is 0. The van der Waals surface area contributed by atoms with E-state index in [9.17, 15) is 0 Å². The Balaban J connectivity index is 1.81. The van der Waals surface area contributed by atoms with Crippen LogP contribution in [0.3, 0.4) is 0 Å². The van der Waals surface area contributed by atoms with Crippen LogP contribution in [0.25, 0.3) is 0 Å². The van der Waals surface area contributed by atoms with Crippen LogP contribution >= 0.6 is 0 Å². The highest BCUT2D eigenvalue weighted by atomic mass is 15.2. The second-order valence-corrected chi connectivity index (χ2v) is 4.39. The van der Waals surface area contributed by atoms with Gasteiger partial charge in [-0.05, 0) is 32.9 Å². The van der Waals surface area contributed by atoms with Crippen LogP contribution in [0.15, 0.2) is 12.4 Å². The van der Waals surface area contributed by atoms with Crippen molar-refractivity contribution in [3.8, 4) is 0 Å². The van der Waals surface area contributed by atoms with E-state index in [2.05, 4.69) is 27.1 Å². The minimum atomic E-state index is 0.363. The Hall–Kier alpha value is -1.36. The molecule has 1 saturated heterocycles.